The van der Waals surface area contributed by atoms with Gasteiger partial charge < -0.3 is 23.7 Å². The Morgan fingerprint density at radius 3 is 2.44 bits per heavy atom. The van der Waals surface area contributed by atoms with E-state index in [9.17, 15) is 5.11 Å². The van der Waals surface area contributed by atoms with Crippen LogP contribution in [0.5, 0.6) is 11.5 Å². The molecule has 2 aliphatic rings. The standard InChI is InChI=1S/C37H41NO5/c1-25-9-6-13-30(35(25)36(39)28-11-8-12-28)23-41-33-16-7-10-27(21-33)22-40-24-34-26(2)42-37(38-34)29-17-19-32(20-18-29)43-31-14-4-3-5-15-31/h3-6,9,13-15,17-20,27,33,39H,7-8,10-12,16,21-24H2,1-2H3/t27?,33-/m1/s1. The minimum atomic E-state index is 0.198. The van der Waals surface area contributed by atoms with Crippen LogP contribution in [0.15, 0.2) is 82.8 Å². The Balaban J connectivity index is 0.991. The van der Waals surface area contributed by atoms with Gasteiger partial charge >= 0.3 is 0 Å². The van der Waals surface area contributed by atoms with Crippen LogP contribution < -0.4 is 4.74 Å². The van der Waals surface area contributed by atoms with Crippen molar-refractivity contribution in [2.45, 2.75) is 78.1 Å². The maximum Gasteiger partial charge on any atom is 0.226 e. The molecule has 2 atom stereocenters. The summed E-state index contributed by atoms with van der Waals surface area (Å²) in [5, 5.41) is 10.9. The monoisotopic (exact) mass is 579 g/mol. The maximum atomic E-state index is 10.9. The first-order valence-corrected chi connectivity index (χ1v) is 15.5. The van der Waals surface area contributed by atoms with E-state index >= 15 is 0 Å². The topological polar surface area (TPSA) is 74.0 Å². The minimum Gasteiger partial charge on any atom is -0.507 e. The third kappa shape index (κ3) is 7.20. The number of oxazole rings is 1. The van der Waals surface area contributed by atoms with Gasteiger partial charge in [-0.1, -0.05) is 42.8 Å². The number of nitrogens with zero attached hydrogens (tertiary/aromatic N) is 1. The molecule has 0 aliphatic heterocycles. The van der Waals surface area contributed by atoms with E-state index in [0.29, 0.717) is 37.4 Å². The minimum absolute atomic E-state index is 0.198. The first kappa shape index (κ1) is 29.2. The molecule has 0 amide bonds. The fourth-order valence-corrected chi connectivity index (χ4v) is 6.00. The number of rotatable bonds is 11. The molecule has 1 heterocycles. The Labute approximate surface area is 254 Å². The molecule has 0 radical (unpaired) electrons. The number of benzene rings is 3. The molecule has 1 N–H and O–H groups in total. The molecular weight excluding hydrogens is 538 g/mol. The smallest absolute Gasteiger partial charge is 0.226 e. The van der Waals surface area contributed by atoms with E-state index in [1.807, 2.05) is 61.5 Å². The van der Waals surface area contributed by atoms with E-state index < -0.39 is 0 Å². The highest BCUT2D eigenvalue weighted by Gasteiger charge is 2.25. The van der Waals surface area contributed by atoms with Crippen molar-refractivity contribution >= 4 is 5.76 Å². The normalized spacial score (nSPS) is 18.3. The number of aromatic nitrogens is 1. The zero-order chi connectivity index (χ0) is 29.6. The van der Waals surface area contributed by atoms with Gasteiger partial charge in [0, 0.05) is 11.1 Å². The molecule has 6 nitrogen and oxygen atoms in total. The van der Waals surface area contributed by atoms with Crippen LogP contribution in [0.25, 0.3) is 17.2 Å². The molecule has 6 rings (SSSR count). The van der Waals surface area contributed by atoms with E-state index in [-0.39, 0.29) is 6.10 Å². The van der Waals surface area contributed by atoms with E-state index in [2.05, 4.69) is 25.1 Å². The summed E-state index contributed by atoms with van der Waals surface area (Å²) in [5.74, 6) is 3.85. The van der Waals surface area contributed by atoms with Crippen molar-refractivity contribution in [3.8, 4) is 23.0 Å². The summed E-state index contributed by atoms with van der Waals surface area (Å²) in [5.41, 5.74) is 6.05. The molecular formula is C37H41NO5. The van der Waals surface area contributed by atoms with Crippen LogP contribution in [0.4, 0.5) is 0 Å². The lowest BCUT2D eigenvalue weighted by Gasteiger charge is -2.29. The largest absolute Gasteiger partial charge is 0.507 e. The molecule has 43 heavy (non-hydrogen) atoms. The van der Waals surface area contributed by atoms with Crippen LogP contribution in [0, 0.1) is 19.8 Å². The number of aryl methyl sites for hydroxylation is 2. The molecule has 0 spiro atoms. The van der Waals surface area contributed by atoms with Gasteiger partial charge in [-0.2, -0.15) is 0 Å². The summed E-state index contributed by atoms with van der Waals surface area (Å²) in [6, 6.07) is 23.7. The Morgan fingerprint density at radius 2 is 1.67 bits per heavy atom. The average Bonchev–Trinajstić information content (AvgIpc) is 3.36. The van der Waals surface area contributed by atoms with Gasteiger partial charge in [-0.05, 0) is 111 Å². The van der Waals surface area contributed by atoms with E-state index in [0.717, 1.165) is 83.7 Å². The molecule has 4 aromatic rings. The molecule has 6 heteroatoms. The van der Waals surface area contributed by atoms with Crippen molar-refractivity contribution in [1.82, 2.24) is 4.98 Å². The van der Waals surface area contributed by atoms with Crippen LogP contribution in [-0.4, -0.2) is 22.8 Å². The molecule has 1 aromatic heterocycles. The van der Waals surface area contributed by atoms with Gasteiger partial charge in [0.2, 0.25) is 5.89 Å². The Hall–Kier alpha value is -3.87. The first-order chi connectivity index (χ1) is 21.0. The molecule has 0 saturated heterocycles. The van der Waals surface area contributed by atoms with E-state index in [4.69, 9.17) is 23.6 Å². The number of aliphatic hydroxyl groups excluding tert-OH is 1. The molecule has 2 fully saturated rings. The van der Waals surface area contributed by atoms with Crippen molar-refractivity contribution < 1.29 is 23.7 Å². The predicted molar refractivity (Wildman–Crippen MR) is 168 cm³/mol. The third-order valence-electron chi connectivity index (χ3n) is 8.66. The van der Waals surface area contributed by atoms with Crippen LogP contribution in [0.3, 0.4) is 0 Å². The third-order valence-corrected chi connectivity index (χ3v) is 8.66. The maximum absolute atomic E-state index is 10.9. The van der Waals surface area contributed by atoms with Gasteiger partial charge in [-0.25, -0.2) is 4.98 Å². The second-order valence-electron chi connectivity index (χ2n) is 11.9. The fourth-order valence-electron chi connectivity index (χ4n) is 6.00. The first-order valence-electron chi connectivity index (χ1n) is 15.5. The van der Waals surface area contributed by atoms with E-state index in [1.54, 1.807) is 0 Å². The SMILES string of the molecule is Cc1cccc(CO[C@@H]2CCCC(COCc3nc(-c4ccc(Oc5ccccc5)cc4)oc3C)C2)c1C(O)=C1CCC1. The Kier molecular flexibility index (Phi) is 9.25. The molecule has 0 bridgehead atoms. The summed E-state index contributed by atoms with van der Waals surface area (Å²) in [6.45, 7) is 5.62. The molecule has 3 aromatic carbocycles. The van der Waals surface area contributed by atoms with Crippen molar-refractivity contribution in [2.24, 2.45) is 5.92 Å². The lowest BCUT2D eigenvalue weighted by atomic mass is 9.87. The number of para-hydroxylation sites is 1. The van der Waals surface area contributed by atoms with Gasteiger partial charge in [0.25, 0.3) is 0 Å². The lowest BCUT2D eigenvalue weighted by molar-refractivity contribution is -0.0181. The zero-order valence-electron chi connectivity index (χ0n) is 25.2. The lowest BCUT2D eigenvalue weighted by Crippen LogP contribution is -2.25. The molecule has 224 valence electrons. The Bertz CT molecular complexity index is 1530. The number of hydrogen-bond acceptors (Lipinski definition) is 6. The second kappa shape index (κ2) is 13.6. The van der Waals surface area contributed by atoms with E-state index in [1.165, 1.54) is 12.0 Å². The summed E-state index contributed by atoms with van der Waals surface area (Å²) in [6.07, 6.45) is 7.67. The highest BCUT2D eigenvalue weighted by Crippen LogP contribution is 2.35. The second-order valence-corrected chi connectivity index (χ2v) is 11.9. The number of ether oxygens (including phenoxy) is 3. The summed E-state index contributed by atoms with van der Waals surface area (Å²) < 4.78 is 24.5. The van der Waals surface area contributed by atoms with Crippen molar-refractivity contribution in [1.29, 1.82) is 0 Å². The van der Waals surface area contributed by atoms with Crippen LogP contribution in [0.2, 0.25) is 0 Å². The van der Waals surface area contributed by atoms with Crippen LogP contribution in [0.1, 0.15) is 73.1 Å². The van der Waals surface area contributed by atoms with Crippen LogP contribution in [-0.2, 0) is 22.7 Å². The highest BCUT2D eigenvalue weighted by atomic mass is 16.5. The average molecular weight is 580 g/mol. The number of hydrogen-bond donors (Lipinski definition) is 1. The number of aliphatic hydroxyl groups is 1. The number of allylic oxidation sites excluding steroid dienone is 1. The quantitative estimate of drug-likeness (QED) is 0.178. The van der Waals surface area contributed by atoms with Crippen LogP contribution >= 0.6 is 0 Å². The summed E-state index contributed by atoms with van der Waals surface area (Å²) >= 11 is 0. The summed E-state index contributed by atoms with van der Waals surface area (Å²) in [4.78, 5) is 4.73. The van der Waals surface area contributed by atoms with Crippen molar-refractivity contribution in [3.63, 3.8) is 0 Å². The van der Waals surface area contributed by atoms with Crippen molar-refractivity contribution in [2.75, 3.05) is 6.61 Å². The highest BCUT2D eigenvalue weighted by molar-refractivity contribution is 5.68. The van der Waals surface area contributed by atoms with Gasteiger partial charge in [0.15, 0.2) is 0 Å². The van der Waals surface area contributed by atoms with Gasteiger partial charge in [-0.3, -0.25) is 0 Å². The molecule has 2 saturated carbocycles. The van der Waals surface area contributed by atoms with Gasteiger partial charge in [0.1, 0.15) is 28.7 Å². The molecule has 1 unspecified atom stereocenters. The zero-order valence-corrected chi connectivity index (χ0v) is 25.2. The molecule has 2 aliphatic carbocycles. The predicted octanol–water partition coefficient (Wildman–Crippen LogP) is 9.50. The van der Waals surface area contributed by atoms with Gasteiger partial charge in [-0.15, -0.1) is 0 Å². The fraction of sp³-hybridized carbons (Fsp3) is 0.378. The summed E-state index contributed by atoms with van der Waals surface area (Å²) in [7, 11) is 0. The van der Waals surface area contributed by atoms with Gasteiger partial charge in [0.05, 0.1) is 25.9 Å². The van der Waals surface area contributed by atoms with Crippen molar-refractivity contribution in [3.05, 3.63) is 107 Å². The Morgan fingerprint density at radius 1 is 0.884 bits per heavy atom.